The number of nitrogens with zero attached hydrogens (tertiary/aromatic N) is 1. The lowest BCUT2D eigenvalue weighted by Gasteiger charge is -2.22. The fraction of sp³-hybridized carbons (Fsp3) is 0.222. The van der Waals surface area contributed by atoms with Crippen LogP contribution in [0.3, 0.4) is 0 Å². The molecule has 27 heavy (non-hydrogen) atoms. The third-order valence-corrected chi connectivity index (χ3v) is 4.96. The van der Waals surface area contributed by atoms with Crippen molar-refractivity contribution in [3.8, 4) is 0 Å². The van der Waals surface area contributed by atoms with Gasteiger partial charge in [-0.3, -0.25) is 9.10 Å². The van der Waals surface area contributed by atoms with Crippen molar-refractivity contribution in [3.05, 3.63) is 59.4 Å². The van der Waals surface area contributed by atoms with Crippen LogP contribution in [0, 0.1) is 12.7 Å². The number of esters is 1. The Morgan fingerprint density at radius 2 is 1.78 bits per heavy atom. The number of ether oxygens (including phenoxy) is 1. The van der Waals surface area contributed by atoms with E-state index in [4.69, 9.17) is 0 Å². The van der Waals surface area contributed by atoms with E-state index in [1.807, 2.05) is 0 Å². The maximum atomic E-state index is 13.1. The molecule has 0 radical (unpaired) electrons. The molecule has 0 saturated heterocycles. The Labute approximate surface area is 156 Å². The van der Waals surface area contributed by atoms with E-state index in [0.29, 0.717) is 11.3 Å². The molecule has 0 atom stereocenters. The number of anilines is 2. The molecule has 0 heterocycles. The van der Waals surface area contributed by atoms with E-state index in [-0.39, 0.29) is 11.3 Å². The minimum atomic E-state index is -3.78. The number of benzene rings is 2. The van der Waals surface area contributed by atoms with Crippen LogP contribution in [-0.4, -0.2) is 40.2 Å². The number of hydrogen-bond donors (Lipinski definition) is 1. The van der Waals surface area contributed by atoms with Crippen LogP contribution in [-0.2, 0) is 19.6 Å². The molecule has 0 aliphatic rings. The van der Waals surface area contributed by atoms with E-state index in [2.05, 4.69) is 10.1 Å². The molecule has 0 aliphatic heterocycles. The highest BCUT2D eigenvalue weighted by Gasteiger charge is 2.22. The summed E-state index contributed by atoms with van der Waals surface area (Å²) in [5, 5.41) is 2.59. The van der Waals surface area contributed by atoms with Gasteiger partial charge in [0.25, 0.3) is 0 Å². The van der Waals surface area contributed by atoms with E-state index in [1.165, 1.54) is 19.2 Å². The van der Waals surface area contributed by atoms with E-state index in [9.17, 15) is 22.4 Å². The van der Waals surface area contributed by atoms with Crippen molar-refractivity contribution in [1.29, 1.82) is 0 Å². The second-order valence-electron chi connectivity index (χ2n) is 5.76. The second kappa shape index (κ2) is 8.17. The summed E-state index contributed by atoms with van der Waals surface area (Å²) in [6, 6.07) is 9.47. The first-order valence-electron chi connectivity index (χ1n) is 7.84. The summed E-state index contributed by atoms with van der Waals surface area (Å²) in [6.45, 7) is 1.13. The van der Waals surface area contributed by atoms with Gasteiger partial charge in [0.15, 0.2) is 0 Å². The molecule has 0 saturated carbocycles. The summed E-state index contributed by atoms with van der Waals surface area (Å²) in [4.78, 5) is 24.1. The number of methoxy groups -OCH3 is 1. The predicted molar refractivity (Wildman–Crippen MR) is 99.7 cm³/mol. The predicted octanol–water partition coefficient (Wildman–Crippen LogP) is 2.33. The van der Waals surface area contributed by atoms with Crippen molar-refractivity contribution in [2.45, 2.75) is 6.92 Å². The molecular weight excluding hydrogens is 375 g/mol. The number of hydrogen-bond acceptors (Lipinski definition) is 5. The average molecular weight is 394 g/mol. The molecule has 2 aromatic rings. The SMILES string of the molecule is COC(=O)c1cccc(NC(=O)CN(c2ccc(F)cc2)S(C)(=O)=O)c1C. The number of amides is 1. The Balaban J connectivity index is 2.25. The normalized spacial score (nSPS) is 11.0. The van der Waals surface area contributed by atoms with E-state index in [1.54, 1.807) is 25.1 Å². The average Bonchev–Trinajstić information content (AvgIpc) is 2.61. The molecule has 0 fully saturated rings. The molecule has 9 heteroatoms. The molecule has 2 rings (SSSR count). The van der Waals surface area contributed by atoms with Crippen LogP contribution in [0.1, 0.15) is 15.9 Å². The van der Waals surface area contributed by atoms with Gasteiger partial charge in [0.05, 0.1) is 24.6 Å². The Hall–Kier alpha value is -2.94. The highest BCUT2D eigenvalue weighted by molar-refractivity contribution is 7.92. The van der Waals surface area contributed by atoms with Crippen molar-refractivity contribution in [2.24, 2.45) is 0 Å². The molecule has 1 amide bonds. The maximum Gasteiger partial charge on any atom is 0.338 e. The fourth-order valence-corrected chi connectivity index (χ4v) is 3.29. The topological polar surface area (TPSA) is 92.8 Å². The van der Waals surface area contributed by atoms with Crippen molar-refractivity contribution in [2.75, 3.05) is 29.5 Å². The van der Waals surface area contributed by atoms with Gasteiger partial charge in [-0.15, -0.1) is 0 Å². The fourth-order valence-electron chi connectivity index (χ4n) is 2.43. The van der Waals surface area contributed by atoms with Gasteiger partial charge in [0.1, 0.15) is 12.4 Å². The van der Waals surface area contributed by atoms with Crippen molar-refractivity contribution in [1.82, 2.24) is 0 Å². The molecule has 2 aromatic carbocycles. The van der Waals surface area contributed by atoms with Gasteiger partial charge < -0.3 is 10.1 Å². The van der Waals surface area contributed by atoms with Crippen LogP contribution >= 0.6 is 0 Å². The lowest BCUT2D eigenvalue weighted by Crippen LogP contribution is -2.37. The molecule has 0 aliphatic carbocycles. The molecule has 144 valence electrons. The molecular formula is C18H19FN2O5S. The number of carbonyl (C=O) groups is 2. The molecule has 0 spiro atoms. The zero-order valence-electron chi connectivity index (χ0n) is 15.0. The Kier molecular flexibility index (Phi) is 6.17. The third-order valence-electron chi connectivity index (χ3n) is 3.82. The van der Waals surface area contributed by atoms with Gasteiger partial charge in [-0.25, -0.2) is 17.6 Å². The van der Waals surface area contributed by atoms with Gasteiger partial charge in [-0.05, 0) is 48.9 Å². The first kappa shape index (κ1) is 20.4. The molecule has 0 aromatic heterocycles. The van der Waals surface area contributed by atoms with Crippen LogP contribution in [0.2, 0.25) is 0 Å². The number of rotatable bonds is 6. The summed E-state index contributed by atoms with van der Waals surface area (Å²) in [6.07, 6.45) is 0.951. The van der Waals surface area contributed by atoms with Crippen LogP contribution in [0.25, 0.3) is 0 Å². The van der Waals surface area contributed by atoms with Gasteiger partial charge in [0.2, 0.25) is 15.9 Å². The minimum Gasteiger partial charge on any atom is -0.465 e. The monoisotopic (exact) mass is 394 g/mol. The summed E-state index contributed by atoms with van der Waals surface area (Å²) in [5.74, 6) is -1.69. The summed E-state index contributed by atoms with van der Waals surface area (Å²) >= 11 is 0. The maximum absolute atomic E-state index is 13.1. The summed E-state index contributed by atoms with van der Waals surface area (Å²) in [7, 11) is -2.53. The number of sulfonamides is 1. The van der Waals surface area contributed by atoms with Crippen LogP contribution in [0.4, 0.5) is 15.8 Å². The second-order valence-corrected chi connectivity index (χ2v) is 7.67. The first-order chi connectivity index (χ1) is 12.6. The number of halogens is 1. The zero-order chi connectivity index (χ0) is 20.2. The van der Waals surface area contributed by atoms with Gasteiger partial charge in [-0.1, -0.05) is 6.07 Å². The Bertz CT molecular complexity index is 958. The zero-order valence-corrected chi connectivity index (χ0v) is 15.8. The minimum absolute atomic E-state index is 0.161. The summed E-state index contributed by atoms with van der Waals surface area (Å²) < 4.78 is 42.7. The molecule has 1 N–H and O–H groups in total. The van der Waals surface area contributed by atoms with Crippen LogP contribution < -0.4 is 9.62 Å². The standard InChI is InChI=1S/C18H19FN2O5S/c1-12-15(18(23)26-2)5-4-6-16(12)20-17(22)11-21(27(3,24)25)14-9-7-13(19)8-10-14/h4-10H,11H2,1-3H3,(H,20,22). The number of nitrogens with one attached hydrogen (secondary N) is 1. The van der Waals surface area contributed by atoms with Crippen molar-refractivity contribution in [3.63, 3.8) is 0 Å². The quantitative estimate of drug-likeness (QED) is 0.759. The third kappa shape index (κ3) is 5.04. The molecule has 7 nitrogen and oxygen atoms in total. The van der Waals surface area contributed by atoms with E-state index < -0.39 is 34.3 Å². The van der Waals surface area contributed by atoms with Crippen LogP contribution in [0.15, 0.2) is 42.5 Å². The first-order valence-corrected chi connectivity index (χ1v) is 9.69. The largest absolute Gasteiger partial charge is 0.465 e. The van der Waals surface area contributed by atoms with Gasteiger partial charge in [-0.2, -0.15) is 0 Å². The van der Waals surface area contributed by atoms with Crippen molar-refractivity contribution >= 4 is 33.3 Å². The van der Waals surface area contributed by atoms with E-state index in [0.717, 1.165) is 22.7 Å². The highest BCUT2D eigenvalue weighted by Crippen LogP contribution is 2.21. The Morgan fingerprint density at radius 3 is 2.33 bits per heavy atom. The van der Waals surface area contributed by atoms with E-state index >= 15 is 0 Å². The lowest BCUT2D eigenvalue weighted by molar-refractivity contribution is -0.114. The number of carbonyl (C=O) groups excluding carboxylic acids is 2. The highest BCUT2D eigenvalue weighted by atomic mass is 32.2. The molecule has 0 bridgehead atoms. The van der Waals surface area contributed by atoms with Gasteiger partial charge >= 0.3 is 5.97 Å². The Morgan fingerprint density at radius 1 is 1.15 bits per heavy atom. The van der Waals surface area contributed by atoms with Crippen molar-refractivity contribution < 1.29 is 27.1 Å². The smallest absolute Gasteiger partial charge is 0.338 e. The van der Waals surface area contributed by atoms with Gasteiger partial charge in [0, 0.05) is 5.69 Å². The molecule has 0 unspecified atom stereocenters. The van der Waals surface area contributed by atoms with Crippen LogP contribution in [0.5, 0.6) is 0 Å². The summed E-state index contributed by atoms with van der Waals surface area (Å²) in [5.41, 5.74) is 1.30. The lowest BCUT2D eigenvalue weighted by atomic mass is 10.1.